The van der Waals surface area contributed by atoms with Crippen molar-refractivity contribution in [1.82, 2.24) is 45.2 Å². The van der Waals surface area contributed by atoms with Gasteiger partial charge in [0.25, 0.3) is 11.8 Å². The zero-order valence-corrected chi connectivity index (χ0v) is 63.7. The predicted octanol–water partition coefficient (Wildman–Crippen LogP) is 21.2. The van der Waals surface area contributed by atoms with Crippen molar-refractivity contribution in [3.05, 3.63) is 90.6 Å². The molecule has 10 saturated carbocycles. The van der Waals surface area contributed by atoms with E-state index in [1.165, 1.54) is 230 Å². The van der Waals surface area contributed by atoms with Gasteiger partial charge in [-0.2, -0.15) is 9.97 Å². The first-order valence-corrected chi connectivity index (χ1v) is 41.1. The minimum absolute atomic E-state index is 0.318. The predicted molar refractivity (Wildman–Crippen MR) is 422 cm³/mol. The summed E-state index contributed by atoms with van der Waals surface area (Å²) in [5.74, 6) is 9.41. The Hall–Kier alpha value is -8.23. The molecule has 0 radical (unpaired) electrons. The number of aromatic nitrogens is 9. The number of rotatable bonds is 22. The van der Waals surface area contributed by atoms with E-state index in [1.807, 2.05) is 46.3 Å². The van der Waals surface area contributed by atoms with Crippen molar-refractivity contribution in [1.29, 1.82) is 0 Å². The molecule has 18 rings (SSSR count). The van der Waals surface area contributed by atoms with Crippen LogP contribution < -0.4 is 42.5 Å². The summed E-state index contributed by atoms with van der Waals surface area (Å²) in [4.78, 5) is 31.8. The fourth-order valence-corrected chi connectivity index (χ4v) is 18.8. The van der Waals surface area contributed by atoms with E-state index in [-0.39, 0.29) is 0 Å². The smallest absolute Gasteiger partial charge is 0.259 e. The maximum atomic E-state index is 5.71. The highest BCUT2D eigenvalue weighted by Gasteiger charge is 2.51. The first-order valence-electron chi connectivity index (χ1n) is 41.1. The van der Waals surface area contributed by atoms with Crippen molar-refractivity contribution in [3.63, 3.8) is 0 Å². The van der Waals surface area contributed by atoms with Crippen LogP contribution in [0.5, 0.6) is 0 Å². The van der Waals surface area contributed by atoms with Crippen molar-refractivity contribution < 1.29 is 17.9 Å². The third-order valence-corrected chi connectivity index (χ3v) is 24.0. The van der Waals surface area contributed by atoms with Crippen LogP contribution in [0.2, 0.25) is 0 Å². The summed E-state index contributed by atoms with van der Waals surface area (Å²) in [7, 11) is 0. The number of benzene rings is 1. The zero-order valence-electron chi connectivity index (χ0n) is 63.7. The Morgan fingerprint density at radius 3 is 1.10 bits per heavy atom. The molecule has 21 heteroatoms. The Balaban J connectivity index is 0.000000118. The van der Waals surface area contributed by atoms with Crippen LogP contribution in [0.3, 0.4) is 0 Å². The van der Waals surface area contributed by atoms with Crippen LogP contribution in [0, 0.1) is 45.4 Å². The van der Waals surface area contributed by atoms with Crippen molar-refractivity contribution in [3.8, 4) is 45.8 Å². The number of anilines is 8. The molecule has 105 heavy (non-hydrogen) atoms. The number of oxazole rings is 2. The Morgan fingerprint density at radius 2 is 0.724 bits per heavy atom. The van der Waals surface area contributed by atoms with Crippen molar-refractivity contribution >= 4 is 45.9 Å². The molecule has 10 aliphatic carbocycles. The van der Waals surface area contributed by atoms with E-state index >= 15 is 0 Å². The minimum Gasteiger partial charge on any atom is -0.444 e. The summed E-state index contributed by atoms with van der Waals surface area (Å²) < 4.78 is 21.9. The van der Waals surface area contributed by atoms with Crippen LogP contribution in [0.25, 0.3) is 45.8 Å². The largest absolute Gasteiger partial charge is 0.444 e. The van der Waals surface area contributed by atoms with Crippen LogP contribution in [-0.2, 0) is 0 Å². The molecular formula is C84H119N17O4. The topological polar surface area (TPSA) is 265 Å². The van der Waals surface area contributed by atoms with Gasteiger partial charge in [-0.25, -0.2) is 24.9 Å². The van der Waals surface area contributed by atoms with Gasteiger partial charge in [0.2, 0.25) is 11.8 Å². The maximum absolute atomic E-state index is 5.71. The Morgan fingerprint density at radius 1 is 0.381 bits per heavy atom. The number of hydrogen-bond donors (Lipinski definition) is 8. The van der Waals surface area contributed by atoms with E-state index in [4.69, 9.17) is 22.9 Å². The van der Waals surface area contributed by atoms with E-state index in [0.717, 1.165) is 105 Å². The van der Waals surface area contributed by atoms with Gasteiger partial charge in [-0.15, -0.1) is 0 Å². The van der Waals surface area contributed by atoms with Crippen LogP contribution >= 0.6 is 0 Å². The molecular weight excluding hydrogens is 1310 g/mol. The van der Waals surface area contributed by atoms with Gasteiger partial charge >= 0.3 is 0 Å². The summed E-state index contributed by atoms with van der Waals surface area (Å²) in [5.41, 5.74) is 11.6. The fourth-order valence-electron chi connectivity index (χ4n) is 18.8. The van der Waals surface area contributed by atoms with Crippen LogP contribution in [0.15, 0.2) is 85.4 Å². The molecule has 8 aromatic rings. The van der Waals surface area contributed by atoms with E-state index in [0.29, 0.717) is 77.2 Å². The summed E-state index contributed by atoms with van der Waals surface area (Å²) >= 11 is 0. The normalized spacial score (nSPS) is 22.3. The average Bonchev–Trinajstić information content (AvgIpc) is 1.08. The first kappa shape index (κ1) is 73.7. The molecule has 1 aromatic carbocycles. The molecule has 0 atom stereocenters. The van der Waals surface area contributed by atoms with Crippen molar-refractivity contribution in [2.45, 2.75) is 321 Å². The fraction of sp³-hybridized carbons (Fsp3) is 0.631. The summed E-state index contributed by atoms with van der Waals surface area (Å²) in [6, 6.07) is 16.7. The van der Waals surface area contributed by atoms with E-state index in [1.54, 1.807) is 12.5 Å². The van der Waals surface area contributed by atoms with Gasteiger partial charge < -0.3 is 60.4 Å². The highest BCUT2D eigenvalue weighted by Crippen LogP contribution is 2.57. The standard InChI is InChI=1S/C26H35N3O.C21H30N4O.C19H29N5O.C18H25N5O/c1-17-16-30-25(27-17)21-7-8-23(24(12-21)28-22-5-3-2-4-6-22)29-26-13-18-9-19(14-26)11-20(10-18)15-26;1-15-14-26-21(23-15)16-12-19(24-17-8-4-2-5-9-17)20(22-13-16)25-18-10-6-3-7-11-18;1-4-15(5-2)22-17-11-14(19-21-13(3)24-25-19)12-20-18(17)23-16-9-7-6-8-10-16;1-12-20-18(24-23-12)13-10-16(21-14-6-2-3-7-14)17(19-11-13)22-15-8-4-5-9-15/h7-8,12,16,18-20,22,28-29H,2-6,9-11,13-15H2,1H3;12-14,17-18,24H,2-11H2,1H3,(H,22,25);11-12,15-16,22H,4-10H2,1-3H3,(H,20,23);10-11,14-15,21H,2-9H2,1H3,(H,19,22). The lowest BCUT2D eigenvalue weighted by Crippen LogP contribution is -2.54. The lowest BCUT2D eigenvalue weighted by Gasteiger charge is -2.57. The van der Waals surface area contributed by atoms with Gasteiger partial charge in [-0.05, 0) is 210 Å². The molecule has 564 valence electrons. The number of aryl methyl sites for hydroxylation is 4. The number of pyridine rings is 3. The number of nitrogens with one attached hydrogen (secondary N) is 8. The molecule has 7 heterocycles. The molecule has 0 amide bonds. The van der Waals surface area contributed by atoms with Gasteiger partial charge in [-0.3, -0.25) is 0 Å². The van der Waals surface area contributed by atoms with Crippen LogP contribution in [-0.4, -0.2) is 93.0 Å². The Labute approximate surface area is 623 Å². The molecule has 0 aliphatic heterocycles. The number of nitrogens with zero attached hydrogens (tertiary/aromatic N) is 9. The molecule has 7 aromatic heterocycles. The van der Waals surface area contributed by atoms with Crippen LogP contribution in [0.1, 0.15) is 268 Å². The molecule has 0 spiro atoms. The summed E-state index contributed by atoms with van der Waals surface area (Å²) in [5, 5.41) is 37.9. The minimum atomic E-state index is 0.318. The lowest BCUT2D eigenvalue weighted by molar-refractivity contribution is 0.0107. The molecule has 21 nitrogen and oxygen atoms in total. The Bertz CT molecular complexity index is 3970. The second-order valence-corrected chi connectivity index (χ2v) is 32.7. The third-order valence-electron chi connectivity index (χ3n) is 24.0. The molecule has 8 N–H and O–H groups in total. The Kier molecular flexibility index (Phi) is 24.9. The first-order chi connectivity index (χ1) is 51.4. The van der Waals surface area contributed by atoms with E-state index in [2.05, 4.69) is 133 Å². The third kappa shape index (κ3) is 19.9. The summed E-state index contributed by atoms with van der Waals surface area (Å²) in [6.07, 6.45) is 55.7. The molecule has 0 unspecified atom stereocenters. The highest BCUT2D eigenvalue weighted by molar-refractivity contribution is 5.77. The summed E-state index contributed by atoms with van der Waals surface area (Å²) in [6.45, 7) is 12.0. The second kappa shape index (κ2) is 35.4. The highest BCUT2D eigenvalue weighted by atomic mass is 16.5. The molecule has 10 fully saturated rings. The van der Waals surface area contributed by atoms with E-state index < -0.39 is 0 Å². The molecule has 4 bridgehead atoms. The SMILES string of the molecule is CCC(CC)Nc1cc(-c2nc(C)no2)cnc1NC1CCCCC1.Cc1coc(-c2ccc(NC34CC5CC(CC(C5)C3)C4)c(NC3CCCCC3)c2)n1.Cc1coc(-c2cnc(NC3CCCCC3)c(NC3CCCCC3)c2)n1.Cc1noc(-c2cnc(NC3CCCC3)c(NC3CCCC3)c2)n1. The van der Waals surface area contributed by atoms with Gasteiger partial charge in [0.05, 0.1) is 56.5 Å². The maximum Gasteiger partial charge on any atom is 0.259 e. The van der Waals surface area contributed by atoms with Gasteiger partial charge in [0.1, 0.15) is 30.0 Å². The van der Waals surface area contributed by atoms with Gasteiger partial charge in [-0.1, -0.05) is 127 Å². The number of hydrogen-bond acceptors (Lipinski definition) is 21. The van der Waals surface area contributed by atoms with Gasteiger partial charge in [0.15, 0.2) is 11.6 Å². The molecule has 0 saturated heterocycles. The zero-order chi connectivity index (χ0) is 71.9. The van der Waals surface area contributed by atoms with Gasteiger partial charge in [0, 0.05) is 72.0 Å². The molecule has 10 aliphatic rings. The van der Waals surface area contributed by atoms with Crippen LogP contribution in [0.4, 0.5) is 45.9 Å². The second-order valence-electron chi connectivity index (χ2n) is 32.7. The van der Waals surface area contributed by atoms with Crippen molar-refractivity contribution in [2.24, 2.45) is 17.8 Å². The quantitative estimate of drug-likeness (QED) is 0.0313. The van der Waals surface area contributed by atoms with E-state index in [9.17, 15) is 0 Å². The lowest BCUT2D eigenvalue weighted by atomic mass is 9.53. The van der Waals surface area contributed by atoms with Crippen molar-refractivity contribution in [2.75, 3.05) is 42.5 Å². The monoisotopic (exact) mass is 1430 g/mol. The average molecular weight is 1430 g/mol.